The molecule has 2 aromatic carbocycles. The van der Waals surface area contributed by atoms with E-state index in [4.69, 9.17) is 4.98 Å². The normalized spacial score (nSPS) is 10.9. The standard InChI is InChI=1S/C25H19N5O2S/c31-23(11-10-21-24(32)29-20-9-2-1-8-19(20)28-21)27-18-7-3-5-16(13-18)22-15-33-25(30-22)17-6-4-12-26-14-17/h1-9,12-15H,10-11H2,(H,27,31)(H,29,32). The number of thiazole rings is 1. The summed E-state index contributed by atoms with van der Waals surface area (Å²) < 4.78 is 0. The molecule has 0 aliphatic carbocycles. The van der Waals surface area contributed by atoms with Crippen molar-refractivity contribution >= 4 is 34.0 Å². The van der Waals surface area contributed by atoms with Crippen LogP contribution in [-0.2, 0) is 11.2 Å². The van der Waals surface area contributed by atoms with E-state index in [9.17, 15) is 9.59 Å². The molecule has 162 valence electrons. The van der Waals surface area contributed by atoms with Gasteiger partial charge in [0, 0.05) is 47.4 Å². The number of aryl methyl sites for hydroxylation is 1. The van der Waals surface area contributed by atoms with Crippen LogP contribution >= 0.6 is 11.3 Å². The summed E-state index contributed by atoms with van der Waals surface area (Å²) in [6, 6.07) is 18.7. The molecule has 0 saturated carbocycles. The molecule has 5 rings (SSSR count). The van der Waals surface area contributed by atoms with Gasteiger partial charge in [0.2, 0.25) is 5.91 Å². The van der Waals surface area contributed by atoms with E-state index in [2.05, 4.69) is 20.3 Å². The van der Waals surface area contributed by atoms with Crippen molar-refractivity contribution in [1.29, 1.82) is 0 Å². The number of carbonyl (C=O) groups is 1. The van der Waals surface area contributed by atoms with Crippen LogP contribution in [0.2, 0.25) is 0 Å². The van der Waals surface area contributed by atoms with E-state index >= 15 is 0 Å². The van der Waals surface area contributed by atoms with E-state index in [-0.39, 0.29) is 24.3 Å². The Labute approximate surface area is 193 Å². The highest BCUT2D eigenvalue weighted by atomic mass is 32.1. The first-order valence-electron chi connectivity index (χ1n) is 10.4. The van der Waals surface area contributed by atoms with Gasteiger partial charge in [-0.3, -0.25) is 14.6 Å². The lowest BCUT2D eigenvalue weighted by Gasteiger charge is -2.07. The number of amides is 1. The second-order valence-electron chi connectivity index (χ2n) is 7.44. The summed E-state index contributed by atoms with van der Waals surface area (Å²) in [7, 11) is 0. The van der Waals surface area contributed by atoms with Crippen molar-refractivity contribution in [2.24, 2.45) is 0 Å². The first-order valence-corrected chi connectivity index (χ1v) is 11.3. The molecule has 0 aliphatic heterocycles. The number of aromatic nitrogens is 4. The van der Waals surface area contributed by atoms with Crippen LogP contribution in [0.25, 0.3) is 32.9 Å². The molecule has 3 aromatic heterocycles. The minimum Gasteiger partial charge on any atom is -0.326 e. The Morgan fingerprint density at radius 1 is 1.00 bits per heavy atom. The molecule has 0 spiro atoms. The number of H-pyrrole nitrogens is 1. The minimum absolute atomic E-state index is 0.153. The van der Waals surface area contributed by atoms with Gasteiger partial charge in [0.1, 0.15) is 10.7 Å². The molecule has 0 unspecified atom stereocenters. The maximum absolute atomic E-state index is 12.5. The van der Waals surface area contributed by atoms with Gasteiger partial charge in [-0.15, -0.1) is 11.3 Å². The first kappa shape index (κ1) is 20.7. The molecular formula is C25H19N5O2S. The number of rotatable bonds is 6. The fraction of sp³-hybridized carbons (Fsp3) is 0.0800. The number of aromatic amines is 1. The Kier molecular flexibility index (Phi) is 5.73. The highest BCUT2D eigenvalue weighted by Gasteiger charge is 2.11. The van der Waals surface area contributed by atoms with Gasteiger partial charge in [-0.1, -0.05) is 24.3 Å². The summed E-state index contributed by atoms with van der Waals surface area (Å²) in [6.45, 7) is 0. The predicted octanol–water partition coefficient (Wildman–Crippen LogP) is 4.68. The van der Waals surface area contributed by atoms with Crippen LogP contribution in [0.15, 0.2) is 83.2 Å². The van der Waals surface area contributed by atoms with E-state index in [0.29, 0.717) is 22.4 Å². The molecule has 0 radical (unpaired) electrons. The lowest BCUT2D eigenvalue weighted by Crippen LogP contribution is -2.19. The topological polar surface area (TPSA) is 101 Å². The summed E-state index contributed by atoms with van der Waals surface area (Å²) in [5, 5.41) is 5.78. The second kappa shape index (κ2) is 9.13. The maximum Gasteiger partial charge on any atom is 0.270 e. The smallest absolute Gasteiger partial charge is 0.270 e. The Morgan fingerprint density at radius 3 is 2.76 bits per heavy atom. The summed E-state index contributed by atoms with van der Waals surface area (Å²) in [5.74, 6) is -0.184. The van der Waals surface area contributed by atoms with Crippen LogP contribution < -0.4 is 10.9 Å². The monoisotopic (exact) mass is 453 g/mol. The van der Waals surface area contributed by atoms with Gasteiger partial charge in [0.15, 0.2) is 0 Å². The van der Waals surface area contributed by atoms with E-state index < -0.39 is 0 Å². The van der Waals surface area contributed by atoms with Gasteiger partial charge >= 0.3 is 0 Å². The molecule has 8 heteroatoms. The van der Waals surface area contributed by atoms with Crippen molar-refractivity contribution in [3.8, 4) is 21.8 Å². The highest BCUT2D eigenvalue weighted by molar-refractivity contribution is 7.13. The van der Waals surface area contributed by atoms with E-state index in [1.165, 1.54) is 0 Å². The summed E-state index contributed by atoms with van der Waals surface area (Å²) >= 11 is 1.55. The van der Waals surface area contributed by atoms with Crippen LogP contribution in [0.1, 0.15) is 12.1 Å². The molecule has 5 aromatic rings. The Balaban J connectivity index is 1.26. The predicted molar refractivity (Wildman–Crippen MR) is 130 cm³/mol. The number of benzene rings is 2. The van der Waals surface area contributed by atoms with Gasteiger partial charge < -0.3 is 10.3 Å². The summed E-state index contributed by atoms with van der Waals surface area (Å²) in [5.41, 5.74) is 4.85. The molecule has 0 atom stereocenters. The van der Waals surface area contributed by atoms with Gasteiger partial charge in [-0.25, -0.2) is 9.97 Å². The van der Waals surface area contributed by atoms with Crippen molar-refractivity contribution < 1.29 is 4.79 Å². The van der Waals surface area contributed by atoms with Crippen LogP contribution in [0, 0.1) is 0 Å². The second-order valence-corrected chi connectivity index (χ2v) is 8.30. The molecular weight excluding hydrogens is 434 g/mol. The quantitative estimate of drug-likeness (QED) is 0.389. The highest BCUT2D eigenvalue weighted by Crippen LogP contribution is 2.29. The number of fused-ring (bicyclic) bond motifs is 1. The van der Waals surface area contributed by atoms with E-state index in [1.807, 2.05) is 60.0 Å². The largest absolute Gasteiger partial charge is 0.326 e. The first-order chi connectivity index (χ1) is 16.2. The average molecular weight is 454 g/mol. The number of nitrogens with zero attached hydrogens (tertiary/aromatic N) is 3. The Bertz CT molecular complexity index is 1490. The fourth-order valence-corrected chi connectivity index (χ4v) is 4.30. The summed E-state index contributed by atoms with van der Waals surface area (Å²) in [4.78, 5) is 40.8. The van der Waals surface area contributed by atoms with E-state index in [1.54, 1.807) is 29.8 Å². The van der Waals surface area contributed by atoms with Crippen molar-refractivity contribution in [3.63, 3.8) is 0 Å². The number of hydrogen-bond donors (Lipinski definition) is 2. The van der Waals surface area contributed by atoms with Crippen LogP contribution in [0.4, 0.5) is 5.69 Å². The maximum atomic E-state index is 12.5. The molecule has 0 fully saturated rings. The van der Waals surface area contributed by atoms with Crippen LogP contribution in [0.3, 0.4) is 0 Å². The van der Waals surface area contributed by atoms with Crippen molar-refractivity contribution in [2.45, 2.75) is 12.8 Å². The van der Waals surface area contributed by atoms with Crippen LogP contribution in [0.5, 0.6) is 0 Å². The van der Waals surface area contributed by atoms with Crippen molar-refractivity contribution in [3.05, 3.63) is 94.5 Å². The lowest BCUT2D eigenvalue weighted by molar-refractivity contribution is -0.116. The number of anilines is 1. The zero-order chi connectivity index (χ0) is 22.6. The Morgan fingerprint density at radius 2 is 1.88 bits per heavy atom. The molecule has 0 bridgehead atoms. The zero-order valence-electron chi connectivity index (χ0n) is 17.5. The van der Waals surface area contributed by atoms with Gasteiger partial charge in [-0.2, -0.15) is 0 Å². The molecule has 7 nitrogen and oxygen atoms in total. The molecule has 33 heavy (non-hydrogen) atoms. The number of hydrogen-bond acceptors (Lipinski definition) is 6. The molecule has 0 saturated heterocycles. The SMILES string of the molecule is O=C(CCc1nc2ccccc2[nH]c1=O)Nc1cccc(-c2csc(-c3cccnc3)n2)c1. The fourth-order valence-electron chi connectivity index (χ4n) is 3.48. The van der Waals surface area contributed by atoms with Gasteiger partial charge in [0.05, 0.1) is 16.7 Å². The third kappa shape index (κ3) is 4.70. The van der Waals surface area contributed by atoms with Gasteiger partial charge in [0.25, 0.3) is 5.56 Å². The molecule has 0 aliphatic rings. The number of para-hydroxylation sites is 2. The summed E-state index contributed by atoms with van der Waals surface area (Å²) in [6.07, 6.45) is 3.93. The number of pyridine rings is 1. The third-order valence-corrected chi connectivity index (χ3v) is 6.00. The zero-order valence-corrected chi connectivity index (χ0v) is 18.3. The number of nitrogens with one attached hydrogen (secondary N) is 2. The van der Waals surface area contributed by atoms with Crippen LogP contribution in [-0.4, -0.2) is 25.8 Å². The average Bonchev–Trinajstić information content (AvgIpc) is 3.34. The molecule has 2 N–H and O–H groups in total. The van der Waals surface area contributed by atoms with Crippen molar-refractivity contribution in [1.82, 2.24) is 19.9 Å². The van der Waals surface area contributed by atoms with Crippen molar-refractivity contribution in [2.75, 3.05) is 5.32 Å². The molecule has 1 amide bonds. The van der Waals surface area contributed by atoms with Gasteiger partial charge in [-0.05, 0) is 36.4 Å². The molecule has 3 heterocycles. The Hall–Kier alpha value is -4.17. The minimum atomic E-state index is -0.267. The third-order valence-electron chi connectivity index (χ3n) is 5.11. The lowest BCUT2D eigenvalue weighted by atomic mass is 10.1. The number of carbonyl (C=O) groups excluding carboxylic acids is 1. The van der Waals surface area contributed by atoms with E-state index in [0.717, 1.165) is 21.8 Å².